The Morgan fingerprint density at radius 3 is 2.62 bits per heavy atom. The molecular formula is C15H23N5O. The predicted octanol–water partition coefficient (Wildman–Crippen LogP) is 1.76. The van der Waals surface area contributed by atoms with Gasteiger partial charge in [-0.15, -0.1) is 0 Å². The zero-order valence-electron chi connectivity index (χ0n) is 12.7. The van der Waals surface area contributed by atoms with Gasteiger partial charge in [-0.05, 0) is 24.7 Å². The number of hydrogen-bond acceptors (Lipinski definition) is 5. The van der Waals surface area contributed by atoms with Gasteiger partial charge in [0.05, 0.1) is 11.9 Å². The monoisotopic (exact) mass is 289 g/mol. The summed E-state index contributed by atoms with van der Waals surface area (Å²) in [5.41, 5.74) is 3.44. The smallest absolute Gasteiger partial charge is 0.274 e. The highest BCUT2D eigenvalue weighted by Gasteiger charge is 2.39. The quantitative estimate of drug-likeness (QED) is 0.654. The van der Waals surface area contributed by atoms with Crippen LogP contribution in [0.5, 0.6) is 0 Å². The highest BCUT2D eigenvalue weighted by molar-refractivity contribution is 5.97. The number of nitrogens with zero attached hydrogens (tertiary/aromatic N) is 3. The molecular weight excluding hydrogens is 266 g/mol. The van der Waals surface area contributed by atoms with Crippen molar-refractivity contribution in [3.63, 3.8) is 0 Å². The Balaban J connectivity index is 1.85. The maximum absolute atomic E-state index is 12.8. The summed E-state index contributed by atoms with van der Waals surface area (Å²) in [5, 5.41) is 0. The van der Waals surface area contributed by atoms with Gasteiger partial charge in [-0.1, -0.05) is 20.3 Å². The van der Waals surface area contributed by atoms with Crippen LogP contribution >= 0.6 is 0 Å². The lowest BCUT2D eigenvalue weighted by Crippen LogP contribution is -2.32. The van der Waals surface area contributed by atoms with Crippen molar-refractivity contribution in [1.82, 2.24) is 14.9 Å². The third-order valence-electron chi connectivity index (χ3n) is 4.70. The predicted molar refractivity (Wildman–Crippen MR) is 80.7 cm³/mol. The van der Waals surface area contributed by atoms with Crippen LogP contribution in [0.3, 0.4) is 0 Å². The number of carbonyl (C=O) groups excluding carboxylic acids is 1. The number of aromatic nitrogens is 2. The number of hydrazine groups is 1. The van der Waals surface area contributed by atoms with E-state index >= 15 is 0 Å². The molecule has 2 fully saturated rings. The van der Waals surface area contributed by atoms with E-state index in [0.717, 1.165) is 13.1 Å². The summed E-state index contributed by atoms with van der Waals surface area (Å²) < 4.78 is 0. The maximum Gasteiger partial charge on any atom is 0.274 e. The van der Waals surface area contributed by atoms with Crippen LogP contribution in [0, 0.1) is 11.8 Å². The highest BCUT2D eigenvalue weighted by Crippen LogP contribution is 2.38. The van der Waals surface area contributed by atoms with Crippen LogP contribution < -0.4 is 11.3 Å². The summed E-state index contributed by atoms with van der Waals surface area (Å²) in [7, 11) is 0. The van der Waals surface area contributed by atoms with Crippen LogP contribution in [-0.4, -0.2) is 33.9 Å². The maximum atomic E-state index is 12.8. The standard InChI is InChI=1S/C15H23N5O/c1-9(2)14-17-6-12(19-16)13(18-14)15(21)20-7-10-4-3-5-11(10)8-20/h6,9-11,19H,3-5,7-8,16H2,1-2H3. The van der Waals surface area contributed by atoms with Crippen LogP contribution in [0.4, 0.5) is 5.69 Å². The van der Waals surface area contributed by atoms with Crippen molar-refractivity contribution >= 4 is 11.6 Å². The van der Waals surface area contributed by atoms with Gasteiger partial charge in [0, 0.05) is 19.0 Å². The van der Waals surface area contributed by atoms with Crippen molar-refractivity contribution in [2.45, 2.75) is 39.0 Å². The fraction of sp³-hybridized carbons (Fsp3) is 0.667. The second-order valence-electron chi connectivity index (χ2n) is 6.45. The van der Waals surface area contributed by atoms with Gasteiger partial charge in [0.15, 0.2) is 5.69 Å². The van der Waals surface area contributed by atoms with Gasteiger partial charge >= 0.3 is 0 Å². The average Bonchev–Trinajstić information content (AvgIpc) is 3.06. The van der Waals surface area contributed by atoms with Crippen molar-refractivity contribution in [3.8, 4) is 0 Å². The summed E-state index contributed by atoms with van der Waals surface area (Å²) in [6.07, 6.45) is 5.40. The molecule has 1 aliphatic carbocycles. The van der Waals surface area contributed by atoms with Gasteiger partial charge in [0.25, 0.3) is 5.91 Å². The Morgan fingerprint density at radius 1 is 1.38 bits per heavy atom. The van der Waals surface area contributed by atoms with E-state index in [1.54, 1.807) is 6.20 Å². The third kappa shape index (κ3) is 2.60. The van der Waals surface area contributed by atoms with Crippen LogP contribution in [0.1, 0.15) is 55.3 Å². The minimum Gasteiger partial charge on any atom is -0.337 e. The zero-order valence-corrected chi connectivity index (χ0v) is 12.7. The van der Waals surface area contributed by atoms with Gasteiger partial charge in [-0.3, -0.25) is 10.6 Å². The molecule has 6 nitrogen and oxygen atoms in total. The Bertz CT molecular complexity index is 533. The van der Waals surface area contributed by atoms with E-state index in [1.807, 2.05) is 18.7 Å². The lowest BCUT2D eigenvalue weighted by atomic mass is 10.0. The third-order valence-corrected chi connectivity index (χ3v) is 4.70. The molecule has 2 heterocycles. The molecule has 3 rings (SSSR count). The Morgan fingerprint density at radius 2 is 2.05 bits per heavy atom. The number of carbonyl (C=O) groups is 1. The summed E-state index contributed by atoms with van der Waals surface area (Å²) in [6.45, 7) is 5.74. The average molecular weight is 289 g/mol. The van der Waals surface area contributed by atoms with E-state index in [-0.39, 0.29) is 11.8 Å². The molecule has 1 amide bonds. The summed E-state index contributed by atoms with van der Waals surface area (Å²) >= 11 is 0. The fourth-order valence-corrected chi connectivity index (χ4v) is 3.49. The number of nitrogens with one attached hydrogen (secondary N) is 1. The molecule has 0 radical (unpaired) electrons. The molecule has 3 N–H and O–H groups in total. The topological polar surface area (TPSA) is 84.1 Å². The Hall–Kier alpha value is -1.69. The first-order valence-electron chi connectivity index (χ1n) is 7.73. The van der Waals surface area contributed by atoms with Crippen LogP contribution in [0.15, 0.2) is 6.20 Å². The molecule has 21 heavy (non-hydrogen) atoms. The van der Waals surface area contributed by atoms with Gasteiger partial charge < -0.3 is 10.3 Å². The van der Waals surface area contributed by atoms with Crippen LogP contribution in [0.2, 0.25) is 0 Å². The SMILES string of the molecule is CC(C)c1ncc(NN)c(C(=O)N2CC3CCCC3C2)n1. The summed E-state index contributed by atoms with van der Waals surface area (Å²) in [5.74, 6) is 7.69. The number of nitrogen functional groups attached to an aromatic ring is 1. The number of anilines is 1. The molecule has 0 aromatic carbocycles. The normalized spacial score (nSPS) is 24.5. The Kier molecular flexibility index (Phi) is 3.80. The first-order valence-corrected chi connectivity index (χ1v) is 7.73. The van der Waals surface area contributed by atoms with E-state index in [2.05, 4.69) is 15.4 Å². The van der Waals surface area contributed by atoms with E-state index in [4.69, 9.17) is 5.84 Å². The molecule has 2 unspecified atom stereocenters. The molecule has 114 valence electrons. The zero-order chi connectivity index (χ0) is 15.0. The second-order valence-corrected chi connectivity index (χ2v) is 6.45. The van der Waals surface area contributed by atoms with E-state index in [9.17, 15) is 4.79 Å². The minimum absolute atomic E-state index is 0.0262. The number of fused-ring (bicyclic) bond motifs is 1. The molecule has 1 aliphatic heterocycles. The second kappa shape index (κ2) is 5.60. The highest BCUT2D eigenvalue weighted by atomic mass is 16.2. The number of nitrogens with two attached hydrogens (primary N) is 1. The van der Waals surface area contributed by atoms with Crippen molar-refractivity contribution in [2.75, 3.05) is 18.5 Å². The lowest BCUT2D eigenvalue weighted by molar-refractivity contribution is 0.0775. The molecule has 0 bridgehead atoms. The van der Waals surface area contributed by atoms with Gasteiger partial charge in [-0.25, -0.2) is 9.97 Å². The van der Waals surface area contributed by atoms with Crippen LogP contribution in [-0.2, 0) is 0 Å². The van der Waals surface area contributed by atoms with Gasteiger partial charge in [0.1, 0.15) is 5.82 Å². The summed E-state index contributed by atoms with van der Waals surface area (Å²) in [6, 6.07) is 0. The van der Waals surface area contributed by atoms with E-state index in [0.29, 0.717) is 29.0 Å². The van der Waals surface area contributed by atoms with Crippen LogP contribution in [0.25, 0.3) is 0 Å². The molecule has 1 aromatic rings. The first kappa shape index (κ1) is 14.3. The molecule has 1 saturated carbocycles. The molecule has 1 saturated heterocycles. The fourth-order valence-electron chi connectivity index (χ4n) is 3.49. The minimum atomic E-state index is -0.0262. The lowest BCUT2D eigenvalue weighted by Gasteiger charge is -2.19. The number of rotatable bonds is 3. The molecule has 2 aliphatic rings. The number of likely N-dealkylation sites (tertiary alicyclic amines) is 1. The van der Waals surface area contributed by atoms with Gasteiger partial charge in [-0.2, -0.15) is 0 Å². The number of hydrogen-bond donors (Lipinski definition) is 2. The first-order chi connectivity index (χ1) is 10.1. The van der Waals surface area contributed by atoms with E-state index < -0.39 is 0 Å². The largest absolute Gasteiger partial charge is 0.337 e. The summed E-state index contributed by atoms with van der Waals surface area (Å²) in [4.78, 5) is 23.4. The molecule has 1 aromatic heterocycles. The van der Waals surface area contributed by atoms with Gasteiger partial charge in [0.2, 0.25) is 0 Å². The van der Waals surface area contributed by atoms with Crippen molar-refractivity contribution in [1.29, 1.82) is 0 Å². The number of amides is 1. The van der Waals surface area contributed by atoms with Crippen molar-refractivity contribution < 1.29 is 4.79 Å². The molecule has 6 heteroatoms. The molecule has 0 spiro atoms. The molecule has 2 atom stereocenters. The van der Waals surface area contributed by atoms with Crippen molar-refractivity contribution in [2.24, 2.45) is 17.7 Å². The Labute approximate surface area is 125 Å². The van der Waals surface area contributed by atoms with Crippen molar-refractivity contribution in [3.05, 3.63) is 17.7 Å². The van der Waals surface area contributed by atoms with E-state index in [1.165, 1.54) is 19.3 Å².